The Hall–Kier alpha value is -1.10. The van der Waals surface area contributed by atoms with Crippen molar-refractivity contribution in [2.24, 2.45) is 5.41 Å². The second kappa shape index (κ2) is 6.42. The Morgan fingerprint density at radius 2 is 2.26 bits per heavy atom. The zero-order valence-electron chi connectivity index (χ0n) is 13.9. The second-order valence-electron chi connectivity index (χ2n) is 7.38. The lowest BCUT2D eigenvalue weighted by Gasteiger charge is -2.33. The molecule has 2 aliphatic rings. The summed E-state index contributed by atoms with van der Waals surface area (Å²) >= 11 is 6.36. The summed E-state index contributed by atoms with van der Waals surface area (Å²) in [5, 5.41) is 13.7. The average molecular weight is 337 g/mol. The minimum Gasteiger partial charge on any atom is -0.481 e. The van der Waals surface area contributed by atoms with Crippen LogP contribution in [-0.4, -0.2) is 35.6 Å². The number of aliphatic carboxylic acids is 1. The van der Waals surface area contributed by atoms with Crippen LogP contribution in [0.5, 0.6) is 0 Å². The number of benzene rings is 1. The summed E-state index contributed by atoms with van der Waals surface area (Å²) in [7, 11) is 0. The maximum atomic E-state index is 11.5. The number of nitrogens with zero attached hydrogens (tertiary/aromatic N) is 1. The van der Waals surface area contributed by atoms with E-state index >= 15 is 0 Å². The fourth-order valence-electron chi connectivity index (χ4n) is 3.83. The Balaban J connectivity index is 1.91. The van der Waals surface area contributed by atoms with Gasteiger partial charge in [0, 0.05) is 24.2 Å². The fraction of sp³-hybridized carbons (Fsp3) is 0.611. The molecular formula is C18H25ClN2O2. The number of carboxylic acids is 1. The van der Waals surface area contributed by atoms with E-state index in [4.69, 9.17) is 11.6 Å². The van der Waals surface area contributed by atoms with Crippen LogP contribution in [0.15, 0.2) is 12.1 Å². The van der Waals surface area contributed by atoms with Gasteiger partial charge in [0.25, 0.3) is 0 Å². The van der Waals surface area contributed by atoms with E-state index in [1.807, 2.05) is 0 Å². The number of halogens is 1. The second-order valence-corrected chi connectivity index (χ2v) is 7.81. The van der Waals surface area contributed by atoms with Gasteiger partial charge >= 0.3 is 5.97 Å². The molecule has 0 amide bonds. The molecule has 0 unspecified atom stereocenters. The van der Waals surface area contributed by atoms with E-state index in [1.165, 1.54) is 16.7 Å². The SMILES string of the molecule is CC(C)(CN1CCC[C@H]1c1cc(Cl)cc2c1CNCC2)C(=O)O. The predicted octanol–water partition coefficient (Wildman–Crippen LogP) is 3.23. The van der Waals surface area contributed by atoms with E-state index in [0.29, 0.717) is 6.54 Å². The van der Waals surface area contributed by atoms with Crippen LogP contribution in [0.2, 0.25) is 5.02 Å². The smallest absolute Gasteiger partial charge is 0.310 e. The monoisotopic (exact) mass is 336 g/mol. The van der Waals surface area contributed by atoms with Crippen LogP contribution in [-0.2, 0) is 17.8 Å². The zero-order valence-corrected chi connectivity index (χ0v) is 14.6. The summed E-state index contributed by atoms with van der Waals surface area (Å²) in [6, 6.07) is 4.45. The molecule has 1 fully saturated rings. The van der Waals surface area contributed by atoms with Gasteiger partial charge in [0.1, 0.15) is 0 Å². The van der Waals surface area contributed by atoms with Gasteiger partial charge in [-0.3, -0.25) is 9.69 Å². The third-order valence-electron chi connectivity index (χ3n) is 5.11. The molecule has 0 aromatic heterocycles. The number of nitrogens with one attached hydrogen (secondary N) is 1. The minimum atomic E-state index is -0.738. The van der Waals surface area contributed by atoms with Crippen molar-refractivity contribution in [3.05, 3.63) is 33.8 Å². The van der Waals surface area contributed by atoms with Crippen molar-refractivity contribution in [3.8, 4) is 0 Å². The van der Waals surface area contributed by atoms with Gasteiger partial charge in [0.15, 0.2) is 0 Å². The fourth-order valence-corrected chi connectivity index (χ4v) is 4.08. The maximum absolute atomic E-state index is 11.5. The van der Waals surface area contributed by atoms with Crippen molar-refractivity contribution in [1.29, 1.82) is 0 Å². The van der Waals surface area contributed by atoms with Crippen molar-refractivity contribution in [2.45, 2.75) is 45.7 Å². The Morgan fingerprint density at radius 3 is 3.00 bits per heavy atom. The topological polar surface area (TPSA) is 52.6 Å². The third-order valence-corrected chi connectivity index (χ3v) is 5.33. The van der Waals surface area contributed by atoms with Crippen molar-refractivity contribution in [3.63, 3.8) is 0 Å². The van der Waals surface area contributed by atoms with Crippen molar-refractivity contribution in [2.75, 3.05) is 19.6 Å². The standard InChI is InChI=1S/C18H25ClN2O2/c1-18(2,17(22)23)11-21-7-3-4-16(21)14-9-13(19)8-12-5-6-20-10-15(12)14/h8-9,16,20H,3-7,10-11H2,1-2H3,(H,22,23)/t16-/m0/s1. The number of hydrogen-bond acceptors (Lipinski definition) is 3. The van der Waals surface area contributed by atoms with Crippen LogP contribution in [0.25, 0.3) is 0 Å². The zero-order chi connectivity index (χ0) is 16.6. The van der Waals surface area contributed by atoms with Gasteiger partial charge in [-0.2, -0.15) is 0 Å². The Bertz CT molecular complexity index is 615. The summed E-state index contributed by atoms with van der Waals surface area (Å²) in [5.41, 5.74) is 3.26. The third kappa shape index (κ3) is 3.39. The largest absolute Gasteiger partial charge is 0.481 e. The highest BCUT2D eigenvalue weighted by Gasteiger charge is 2.36. The first kappa shape index (κ1) is 16.7. The number of rotatable bonds is 4. The van der Waals surface area contributed by atoms with Gasteiger partial charge in [-0.1, -0.05) is 11.6 Å². The first-order chi connectivity index (χ1) is 10.9. The molecule has 2 heterocycles. The number of hydrogen-bond donors (Lipinski definition) is 2. The normalized spacial score (nSPS) is 22.1. The molecule has 0 spiro atoms. The molecule has 1 saturated heterocycles. The van der Waals surface area contributed by atoms with E-state index in [-0.39, 0.29) is 6.04 Å². The highest BCUT2D eigenvalue weighted by molar-refractivity contribution is 6.30. The van der Waals surface area contributed by atoms with Gasteiger partial charge < -0.3 is 10.4 Å². The number of carboxylic acid groups (broad SMARTS) is 1. The lowest BCUT2D eigenvalue weighted by molar-refractivity contribution is -0.148. The van der Waals surface area contributed by atoms with Crippen LogP contribution >= 0.6 is 11.6 Å². The quantitative estimate of drug-likeness (QED) is 0.886. The highest BCUT2D eigenvalue weighted by atomic mass is 35.5. The van der Waals surface area contributed by atoms with E-state index < -0.39 is 11.4 Å². The Labute approximate surface area is 142 Å². The van der Waals surface area contributed by atoms with E-state index in [9.17, 15) is 9.90 Å². The predicted molar refractivity (Wildman–Crippen MR) is 91.8 cm³/mol. The van der Waals surface area contributed by atoms with Crippen LogP contribution in [0.3, 0.4) is 0 Å². The highest BCUT2D eigenvalue weighted by Crippen LogP contribution is 2.39. The molecule has 5 heteroatoms. The first-order valence-electron chi connectivity index (χ1n) is 8.38. The molecule has 0 aliphatic carbocycles. The number of carbonyl (C=O) groups is 1. The van der Waals surface area contributed by atoms with Crippen molar-refractivity contribution < 1.29 is 9.90 Å². The average Bonchev–Trinajstić information content (AvgIpc) is 2.93. The molecule has 1 aromatic rings. The van der Waals surface area contributed by atoms with Crippen LogP contribution in [0, 0.1) is 5.41 Å². The summed E-state index contributed by atoms with van der Waals surface area (Å²) in [6.07, 6.45) is 3.19. The molecule has 1 aromatic carbocycles. The van der Waals surface area contributed by atoms with Gasteiger partial charge in [0.05, 0.1) is 5.41 Å². The van der Waals surface area contributed by atoms with Gasteiger partial charge in [0.2, 0.25) is 0 Å². The summed E-state index contributed by atoms with van der Waals surface area (Å²) in [4.78, 5) is 13.8. The maximum Gasteiger partial charge on any atom is 0.310 e. The molecule has 4 nitrogen and oxygen atoms in total. The van der Waals surface area contributed by atoms with Gasteiger partial charge in [-0.25, -0.2) is 0 Å². The molecule has 23 heavy (non-hydrogen) atoms. The molecular weight excluding hydrogens is 312 g/mol. The van der Waals surface area contributed by atoms with Gasteiger partial charge in [-0.05, 0) is 75.0 Å². The van der Waals surface area contributed by atoms with Crippen LogP contribution in [0.4, 0.5) is 0 Å². The van der Waals surface area contributed by atoms with E-state index in [2.05, 4.69) is 22.3 Å². The summed E-state index contributed by atoms with van der Waals surface area (Å²) < 4.78 is 0. The van der Waals surface area contributed by atoms with Crippen LogP contribution in [0.1, 0.15) is 49.4 Å². The Kier molecular flexibility index (Phi) is 4.68. The van der Waals surface area contributed by atoms with E-state index in [0.717, 1.165) is 43.9 Å². The van der Waals surface area contributed by atoms with Crippen molar-refractivity contribution in [1.82, 2.24) is 10.2 Å². The Morgan fingerprint density at radius 1 is 1.48 bits per heavy atom. The molecule has 2 aliphatic heterocycles. The molecule has 0 bridgehead atoms. The van der Waals surface area contributed by atoms with Crippen LogP contribution < -0.4 is 5.32 Å². The molecule has 126 valence electrons. The minimum absolute atomic E-state index is 0.279. The first-order valence-corrected chi connectivity index (χ1v) is 8.75. The summed E-state index contributed by atoms with van der Waals surface area (Å²) in [5.74, 6) is -0.738. The number of likely N-dealkylation sites (tertiary alicyclic amines) is 1. The summed E-state index contributed by atoms with van der Waals surface area (Å²) in [6.45, 7) is 7.01. The number of fused-ring (bicyclic) bond motifs is 1. The molecule has 2 N–H and O–H groups in total. The molecule has 0 radical (unpaired) electrons. The molecule has 3 rings (SSSR count). The molecule has 1 atom stereocenters. The van der Waals surface area contributed by atoms with Crippen molar-refractivity contribution >= 4 is 17.6 Å². The van der Waals surface area contributed by atoms with Gasteiger partial charge in [-0.15, -0.1) is 0 Å². The lowest BCUT2D eigenvalue weighted by atomic mass is 9.89. The molecule has 0 saturated carbocycles. The lowest BCUT2D eigenvalue weighted by Crippen LogP contribution is -2.39. The van der Waals surface area contributed by atoms with E-state index in [1.54, 1.807) is 13.8 Å².